The van der Waals surface area contributed by atoms with E-state index in [-0.39, 0.29) is 31.6 Å². The lowest BCUT2D eigenvalue weighted by atomic mass is 10.1. The van der Waals surface area contributed by atoms with Crippen molar-refractivity contribution in [2.24, 2.45) is 0 Å². The highest BCUT2D eigenvalue weighted by molar-refractivity contribution is 7.93. The number of sulfone groups is 1. The van der Waals surface area contributed by atoms with Gasteiger partial charge in [0.15, 0.2) is 0 Å². The molecular formula is C28H26N2O6S2. The van der Waals surface area contributed by atoms with Crippen LogP contribution < -0.4 is 14.8 Å². The molecule has 4 aromatic carbocycles. The summed E-state index contributed by atoms with van der Waals surface area (Å²) >= 11 is 0. The number of ether oxygens (including phenoxy) is 1. The van der Waals surface area contributed by atoms with Crippen LogP contribution >= 0.6 is 0 Å². The number of hydrogen-bond donors (Lipinski definition) is 2. The van der Waals surface area contributed by atoms with Crippen LogP contribution in [0.25, 0.3) is 0 Å². The average molecular weight is 551 g/mol. The molecule has 0 atom stereocenters. The van der Waals surface area contributed by atoms with E-state index in [0.29, 0.717) is 5.75 Å². The van der Waals surface area contributed by atoms with Gasteiger partial charge in [-0.05, 0) is 62.4 Å². The molecule has 0 aromatic heterocycles. The summed E-state index contributed by atoms with van der Waals surface area (Å²) in [6.07, 6.45) is 0. The van der Waals surface area contributed by atoms with Crippen molar-refractivity contribution in [2.75, 3.05) is 17.1 Å². The van der Waals surface area contributed by atoms with Crippen molar-refractivity contribution in [3.63, 3.8) is 0 Å². The number of aryl methyl sites for hydroxylation is 2. The fourth-order valence-corrected chi connectivity index (χ4v) is 6.32. The lowest BCUT2D eigenvalue weighted by Crippen LogP contribution is -2.22. The van der Waals surface area contributed by atoms with Crippen molar-refractivity contribution in [3.8, 4) is 5.75 Å². The molecule has 0 unspecified atom stereocenters. The minimum absolute atomic E-state index is 0.0343. The van der Waals surface area contributed by atoms with E-state index in [1.165, 1.54) is 49.6 Å². The first-order chi connectivity index (χ1) is 18.0. The summed E-state index contributed by atoms with van der Waals surface area (Å²) in [5.41, 5.74) is 1.47. The standard InChI is InChI=1S/C28H26N2O6S2/c1-19-11-15-21(16-12-19)37(32,33)26-10-6-8-24(30-38(34,35)22-17-13-20(2)14-18-22)27(26)28(31)29-23-7-4-5-9-25(23)36-3/h4-18,30H,1-3H3,(H,29,31). The first-order valence-electron chi connectivity index (χ1n) is 11.5. The van der Waals surface area contributed by atoms with E-state index >= 15 is 0 Å². The Morgan fingerprint density at radius 1 is 0.684 bits per heavy atom. The van der Waals surface area contributed by atoms with Gasteiger partial charge in [0.05, 0.1) is 38.7 Å². The summed E-state index contributed by atoms with van der Waals surface area (Å²) in [5.74, 6) is -0.482. The Balaban J connectivity index is 1.87. The van der Waals surface area contributed by atoms with Gasteiger partial charge in [0.25, 0.3) is 15.9 Å². The predicted octanol–water partition coefficient (Wildman–Crippen LogP) is 5.20. The molecule has 0 bridgehead atoms. The lowest BCUT2D eigenvalue weighted by Gasteiger charge is -2.18. The van der Waals surface area contributed by atoms with Crippen LogP contribution in [-0.4, -0.2) is 29.9 Å². The number of para-hydroxylation sites is 2. The zero-order chi connectivity index (χ0) is 27.5. The molecule has 0 spiro atoms. The molecule has 0 radical (unpaired) electrons. The maximum Gasteiger partial charge on any atom is 0.261 e. The van der Waals surface area contributed by atoms with Gasteiger partial charge in [-0.3, -0.25) is 9.52 Å². The van der Waals surface area contributed by atoms with Crippen molar-refractivity contribution < 1.29 is 26.4 Å². The number of carbonyl (C=O) groups excluding carboxylic acids is 1. The van der Waals surface area contributed by atoms with E-state index in [0.717, 1.165) is 11.1 Å². The zero-order valence-electron chi connectivity index (χ0n) is 20.9. The summed E-state index contributed by atoms with van der Waals surface area (Å²) in [6.45, 7) is 3.65. The molecule has 4 aromatic rings. The van der Waals surface area contributed by atoms with Crippen molar-refractivity contribution in [1.29, 1.82) is 0 Å². The minimum atomic E-state index is -4.21. The van der Waals surface area contributed by atoms with Crippen LogP contribution in [0.15, 0.2) is 106 Å². The zero-order valence-corrected chi connectivity index (χ0v) is 22.6. The molecule has 0 aliphatic heterocycles. The van der Waals surface area contributed by atoms with Crippen LogP contribution in [0.1, 0.15) is 21.5 Å². The summed E-state index contributed by atoms with van der Waals surface area (Å²) < 4.78 is 61.5. The smallest absolute Gasteiger partial charge is 0.261 e. The second kappa shape index (κ2) is 10.7. The van der Waals surface area contributed by atoms with E-state index in [1.807, 2.05) is 13.8 Å². The van der Waals surface area contributed by atoms with E-state index in [1.54, 1.807) is 48.5 Å². The van der Waals surface area contributed by atoms with Gasteiger partial charge in [0, 0.05) is 0 Å². The molecule has 0 heterocycles. The van der Waals surface area contributed by atoms with E-state index in [4.69, 9.17) is 4.74 Å². The first kappa shape index (κ1) is 26.9. The monoisotopic (exact) mass is 550 g/mol. The number of anilines is 2. The van der Waals surface area contributed by atoms with Crippen LogP contribution in [0.4, 0.5) is 11.4 Å². The fraction of sp³-hybridized carbons (Fsp3) is 0.107. The molecule has 0 saturated heterocycles. The van der Waals surface area contributed by atoms with Gasteiger partial charge >= 0.3 is 0 Å². The van der Waals surface area contributed by atoms with Gasteiger partial charge in [-0.15, -0.1) is 0 Å². The van der Waals surface area contributed by atoms with Gasteiger partial charge < -0.3 is 10.1 Å². The molecule has 10 heteroatoms. The Labute approximate surface area is 222 Å². The Morgan fingerprint density at radius 2 is 1.24 bits per heavy atom. The Morgan fingerprint density at radius 3 is 1.84 bits per heavy atom. The van der Waals surface area contributed by atoms with Gasteiger partial charge in [-0.2, -0.15) is 0 Å². The highest BCUT2D eigenvalue weighted by atomic mass is 32.2. The molecule has 2 N–H and O–H groups in total. The molecule has 4 rings (SSSR count). The molecule has 8 nitrogen and oxygen atoms in total. The molecule has 0 aliphatic rings. The number of hydrogen-bond acceptors (Lipinski definition) is 6. The first-order valence-corrected chi connectivity index (χ1v) is 14.5. The quantitative estimate of drug-likeness (QED) is 0.311. The number of methoxy groups -OCH3 is 1. The van der Waals surface area contributed by atoms with Crippen LogP contribution in [0.3, 0.4) is 0 Å². The van der Waals surface area contributed by atoms with Crippen molar-refractivity contribution in [3.05, 3.63) is 108 Å². The van der Waals surface area contributed by atoms with E-state index in [9.17, 15) is 21.6 Å². The van der Waals surface area contributed by atoms with Crippen LogP contribution in [0.5, 0.6) is 5.75 Å². The van der Waals surface area contributed by atoms with E-state index in [2.05, 4.69) is 10.0 Å². The molecule has 0 saturated carbocycles. The topological polar surface area (TPSA) is 119 Å². The molecular weight excluding hydrogens is 524 g/mol. The lowest BCUT2D eigenvalue weighted by molar-refractivity contribution is 0.102. The molecule has 0 fully saturated rings. The molecule has 1 amide bonds. The van der Waals surface area contributed by atoms with Gasteiger partial charge in [-0.25, -0.2) is 16.8 Å². The summed E-state index contributed by atoms with van der Waals surface area (Å²) in [6, 6.07) is 22.9. The third kappa shape index (κ3) is 5.56. The van der Waals surface area contributed by atoms with Crippen LogP contribution in [0, 0.1) is 13.8 Å². The Bertz CT molecular complexity index is 1700. The fourth-order valence-electron chi connectivity index (χ4n) is 3.77. The maximum atomic E-state index is 13.7. The molecule has 196 valence electrons. The number of rotatable bonds is 8. The summed E-state index contributed by atoms with van der Waals surface area (Å²) in [4.78, 5) is 13.2. The van der Waals surface area contributed by atoms with Gasteiger partial charge in [0.1, 0.15) is 5.75 Å². The van der Waals surface area contributed by atoms with Crippen molar-refractivity contribution in [1.82, 2.24) is 0 Å². The van der Waals surface area contributed by atoms with Gasteiger partial charge in [-0.1, -0.05) is 53.6 Å². The summed E-state index contributed by atoms with van der Waals surface area (Å²) in [7, 11) is -6.94. The number of amides is 1. The SMILES string of the molecule is COc1ccccc1NC(=O)c1c(NS(=O)(=O)c2ccc(C)cc2)cccc1S(=O)(=O)c1ccc(C)cc1. The maximum absolute atomic E-state index is 13.7. The third-order valence-electron chi connectivity index (χ3n) is 5.80. The van der Waals surface area contributed by atoms with Crippen molar-refractivity contribution >= 4 is 37.1 Å². The largest absolute Gasteiger partial charge is 0.495 e. The average Bonchev–Trinajstić information content (AvgIpc) is 2.89. The highest BCUT2D eigenvalue weighted by Gasteiger charge is 2.29. The second-order valence-corrected chi connectivity index (χ2v) is 12.2. The van der Waals surface area contributed by atoms with Crippen LogP contribution in [0.2, 0.25) is 0 Å². The van der Waals surface area contributed by atoms with E-state index < -0.39 is 25.8 Å². The number of carbonyl (C=O) groups is 1. The molecule has 38 heavy (non-hydrogen) atoms. The second-order valence-electron chi connectivity index (χ2n) is 8.57. The Hall–Kier alpha value is -4.15. The third-order valence-corrected chi connectivity index (χ3v) is 9.00. The number of sulfonamides is 1. The predicted molar refractivity (Wildman–Crippen MR) is 146 cm³/mol. The number of nitrogens with one attached hydrogen (secondary N) is 2. The number of benzene rings is 4. The normalized spacial score (nSPS) is 11.6. The van der Waals surface area contributed by atoms with Crippen LogP contribution in [-0.2, 0) is 19.9 Å². The molecule has 0 aliphatic carbocycles. The van der Waals surface area contributed by atoms with Gasteiger partial charge in [0.2, 0.25) is 9.84 Å². The highest BCUT2D eigenvalue weighted by Crippen LogP contribution is 2.32. The Kier molecular flexibility index (Phi) is 7.56. The summed E-state index contributed by atoms with van der Waals surface area (Å²) in [5, 5.41) is 2.66. The minimum Gasteiger partial charge on any atom is -0.495 e. The van der Waals surface area contributed by atoms with Crippen molar-refractivity contribution in [2.45, 2.75) is 28.5 Å².